The lowest BCUT2D eigenvalue weighted by molar-refractivity contribution is 0.102. The van der Waals surface area contributed by atoms with Crippen LogP contribution >= 0.6 is 22.7 Å². The smallest absolute Gasteiger partial charge is 0.278 e. The van der Waals surface area contributed by atoms with Crippen molar-refractivity contribution in [3.8, 4) is 10.6 Å². The first kappa shape index (κ1) is 14.1. The maximum Gasteiger partial charge on any atom is 0.278 e. The highest BCUT2D eigenvalue weighted by molar-refractivity contribution is 7.16. The van der Waals surface area contributed by atoms with E-state index in [1.807, 2.05) is 48.0 Å². The molecule has 4 rings (SSSR count). The van der Waals surface area contributed by atoms with E-state index in [4.69, 9.17) is 0 Å². The van der Waals surface area contributed by atoms with Crippen molar-refractivity contribution < 1.29 is 4.79 Å². The molecule has 0 atom stereocenters. The summed E-state index contributed by atoms with van der Waals surface area (Å²) in [7, 11) is 0. The Kier molecular flexibility index (Phi) is 3.44. The normalized spacial score (nSPS) is 11.0. The highest BCUT2D eigenvalue weighted by atomic mass is 32.1. The van der Waals surface area contributed by atoms with Crippen LogP contribution in [0, 0.1) is 6.92 Å². The number of hydrogen-bond acceptors (Lipinski definition) is 5. The minimum atomic E-state index is -0.256. The Balaban J connectivity index is 1.61. The lowest BCUT2D eigenvalue weighted by Crippen LogP contribution is -2.12. The number of thiazole rings is 1. The number of nitrogens with zero attached hydrogens (tertiary/aromatic N) is 2. The molecule has 0 saturated heterocycles. The second-order valence-electron chi connectivity index (χ2n) is 5.09. The first-order valence-corrected chi connectivity index (χ1v) is 8.72. The summed E-state index contributed by atoms with van der Waals surface area (Å²) in [6, 6.07) is 9.85. The second-order valence-corrected chi connectivity index (χ2v) is 6.90. The van der Waals surface area contributed by atoms with Crippen molar-refractivity contribution in [2.24, 2.45) is 0 Å². The number of fused-ring (bicyclic) bond motifs is 1. The van der Waals surface area contributed by atoms with Gasteiger partial charge in [0.15, 0.2) is 10.8 Å². The number of aromatic nitrogens is 3. The molecule has 3 heterocycles. The summed E-state index contributed by atoms with van der Waals surface area (Å²) in [5.74, 6) is -0.256. The molecule has 0 aliphatic heterocycles. The molecular weight excluding hydrogens is 328 g/mol. The predicted molar refractivity (Wildman–Crippen MR) is 94.2 cm³/mol. The monoisotopic (exact) mass is 340 g/mol. The van der Waals surface area contributed by atoms with Crippen LogP contribution in [0.5, 0.6) is 0 Å². The third-order valence-electron chi connectivity index (χ3n) is 3.43. The number of thiophene rings is 1. The number of aromatic amines is 1. The number of nitrogens with one attached hydrogen (secondary N) is 2. The fourth-order valence-electron chi connectivity index (χ4n) is 2.33. The first-order chi connectivity index (χ1) is 11.2. The van der Waals surface area contributed by atoms with Crippen molar-refractivity contribution in [2.45, 2.75) is 6.92 Å². The molecule has 1 amide bonds. The molecule has 0 bridgehead atoms. The van der Waals surface area contributed by atoms with E-state index in [-0.39, 0.29) is 5.91 Å². The Morgan fingerprint density at radius 3 is 3.00 bits per heavy atom. The van der Waals surface area contributed by atoms with Crippen LogP contribution in [0.15, 0.2) is 41.1 Å². The van der Waals surface area contributed by atoms with Crippen molar-refractivity contribution in [3.63, 3.8) is 0 Å². The van der Waals surface area contributed by atoms with Crippen molar-refractivity contribution in [2.75, 3.05) is 5.32 Å². The maximum absolute atomic E-state index is 12.5. The summed E-state index contributed by atoms with van der Waals surface area (Å²) in [6.45, 7) is 1.99. The fourth-order valence-corrected chi connectivity index (χ4v) is 3.79. The standard InChI is InChI=1S/C16H12N4OS2/c1-9-4-5-11-10(7-9)14(20-19-11)15(21)18-16-17-12(8-23-16)13-3-2-6-22-13/h2-8H,1H3,(H,19,20)(H,17,18,21). The van der Waals surface area contributed by atoms with Gasteiger partial charge >= 0.3 is 0 Å². The summed E-state index contributed by atoms with van der Waals surface area (Å²) >= 11 is 3.03. The van der Waals surface area contributed by atoms with Crippen LogP contribution in [0.2, 0.25) is 0 Å². The van der Waals surface area contributed by atoms with Crippen molar-refractivity contribution in [1.29, 1.82) is 0 Å². The van der Waals surface area contributed by atoms with Crippen LogP contribution < -0.4 is 5.32 Å². The maximum atomic E-state index is 12.5. The van der Waals surface area contributed by atoms with Gasteiger partial charge in [-0.15, -0.1) is 22.7 Å². The van der Waals surface area contributed by atoms with E-state index in [0.717, 1.165) is 27.0 Å². The van der Waals surface area contributed by atoms with E-state index < -0.39 is 0 Å². The van der Waals surface area contributed by atoms with Gasteiger partial charge in [-0.25, -0.2) is 4.98 Å². The number of carbonyl (C=O) groups excluding carboxylic acids is 1. The number of anilines is 1. The zero-order valence-corrected chi connectivity index (χ0v) is 13.8. The average Bonchev–Trinajstić information content (AvgIpc) is 3.26. The number of aryl methyl sites for hydroxylation is 1. The van der Waals surface area contributed by atoms with Crippen molar-refractivity contribution in [3.05, 3.63) is 52.3 Å². The SMILES string of the molecule is Cc1ccc2[nH]nc(C(=O)Nc3nc(-c4cccs4)cs3)c2c1. The molecule has 0 unspecified atom stereocenters. The lowest BCUT2D eigenvalue weighted by Gasteiger charge is -1.99. The summed E-state index contributed by atoms with van der Waals surface area (Å²) in [4.78, 5) is 18.0. The molecule has 0 radical (unpaired) electrons. The van der Waals surface area contributed by atoms with Gasteiger partial charge < -0.3 is 0 Å². The molecule has 1 aromatic carbocycles. The van der Waals surface area contributed by atoms with Crippen LogP contribution in [0.3, 0.4) is 0 Å². The van der Waals surface area contributed by atoms with E-state index in [1.165, 1.54) is 11.3 Å². The minimum absolute atomic E-state index is 0.256. The van der Waals surface area contributed by atoms with Crippen molar-refractivity contribution in [1.82, 2.24) is 15.2 Å². The van der Waals surface area contributed by atoms with Gasteiger partial charge in [-0.1, -0.05) is 17.7 Å². The molecule has 5 nitrogen and oxygen atoms in total. The van der Waals surface area contributed by atoms with Crippen LogP contribution in [0.4, 0.5) is 5.13 Å². The summed E-state index contributed by atoms with van der Waals surface area (Å²) in [5, 5.41) is 15.2. The Bertz CT molecular complexity index is 985. The predicted octanol–water partition coefficient (Wildman–Crippen LogP) is 4.31. The van der Waals surface area contributed by atoms with Crippen molar-refractivity contribution >= 4 is 44.6 Å². The zero-order valence-electron chi connectivity index (χ0n) is 12.2. The van der Waals surface area contributed by atoms with Crippen LogP contribution in [0.25, 0.3) is 21.5 Å². The van der Waals surface area contributed by atoms with Gasteiger partial charge in [0.1, 0.15) is 0 Å². The number of benzene rings is 1. The Morgan fingerprint density at radius 2 is 2.17 bits per heavy atom. The Morgan fingerprint density at radius 1 is 1.26 bits per heavy atom. The van der Waals surface area contributed by atoms with Gasteiger partial charge in [0.05, 0.1) is 16.1 Å². The number of amides is 1. The van der Waals surface area contributed by atoms with E-state index >= 15 is 0 Å². The first-order valence-electron chi connectivity index (χ1n) is 6.96. The minimum Gasteiger partial charge on any atom is -0.296 e. The molecule has 0 spiro atoms. The van der Waals surface area contributed by atoms with E-state index in [1.54, 1.807) is 11.3 Å². The molecular formula is C16H12N4OS2. The summed E-state index contributed by atoms with van der Waals surface area (Å²) in [6.07, 6.45) is 0. The second kappa shape index (κ2) is 5.60. The highest BCUT2D eigenvalue weighted by Gasteiger charge is 2.16. The molecule has 7 heteroatoms. The molecule has 0 aliphatic rings. The van der Waals surface area contributed by atoms with Gasteiger partial charge in [-0.2, -0.15) is 5.10 Å². The van der Waals surface area contributed by atoms with E-state index in [0.29, 0.717) is 10.8 Å². The highest BCUT2D eigenvalue weighted by Crippen LogP contribution is 2.28. The van der Waals surface area contributed by atoms with Gasteiger partial charge in [-0.3, -0.25) is 15.2 Å². The zero-order chi connectivity index (χ0) is 15.8. The largest absolute Gasteiger partial charge is 0.296 e. The third kappa shape index (κ3) is 2.64. The quantitative estimate of drug-likeness (QED) is 0.584. The van der Waals surface area contributed by atoms with Gasteiger partial charge in [0.25, 0.3) is 5.91 Å². The lowest BCUT2D eigenvalue weighted by atomic mass is 10.1. The number of carbonyl (C=O) groups is 1. The van der Waals surface area contributed by atoms with Crippen LogP contribution in [0.1, 0.15) is 16.1 Å². The topological polar surface area (TPSA) is 70.7 Å². The molecule has 4 aromatic rings. The summed E-state index contributed by atoms with van der Waals surface area (Å²) in [5.41, 5.74) is 3.20. The van der Waals surface area contributed by atoms with E-state index in [9.17, 15) is 4.79 Å². The molecule has 114 valence electrons. The van der Waals surface area contributed by atoms with E-state index in [2.05, 4.69) is 20.5 Å². The van der Waals surface area contributed by atoms with Crippen LogP contribution in [-0.2, 0) is 0 Å². The third-order valence-corrected chi connectivity index (χ3v) is 5.08. The average molecular weight is 340 g/mol. The van der Waals surface area contributed by atoms with Crippen LogP contribution in [-0.4, -0.2) is 21.1 Å². The molecule has 0 saturated carbocycles. The molecule has 3 aromatic heterocycles. The van der Waals surface area contributed by atoms with Gasteiger partial charge in [0, 0.05) is 10.8 Å². The molecule has 23 heavy (non-hydrogen) atoms. The number of hydrogen-bond donors (Lipinski definition) is 2. The molecule has 2 N–H and O–H groups in total. The van der Waals surface area contributed by atoms with Gasteiger partial charge in [-0.05, 0) is 30.5 Å². The molecule has 0 fully saturated rings. The fraction of sp³-hybridized carbons (Fsp3) is 0.0625. The number of rotatable bonds is 3. The number of H-pyrrole nitrogens is 1. The Hall–Kier alpha value is -2.51. The van der Waals surface area contributed by atoms with Gasteiger partial charge in [0.2, 0.25) is 0 Å². The Labute approximate surface area is 140 Å². The summed E-state index contributed by atoms with van der Waals surface area (Å²) < 4.78 is 0. The molecule has 0 aliphatic carbocycles.